The first-order valence-electron chi connectivity index (χ1n) is 42.6. The van der Waals surface area contributed by atoms with Crippen molar-refractivity contribution in [3.63, 3.8) is 0 Å². The fourth-order valence-corrected chi connectivity index (χ4v) is 16.9. The van der Waals surface area contributed by atoms with Crippen LogP contribution in [-0.4, -0.2) is 54.1 Å². The average molecular weight is 1580 g/mol. The number of aromatic nitrogens is 8. The van der Waals surface area contributed by atoms with Crippen molar-refractivity contribution in [2.45, 2.75) is 209 Å². The molecule has 6 aromatic carbocycles. The smallest absolute Gasteiger partial charge is 0.119 e. The third-order valence-corrected chi connectivity index (χ3v) is 24.3. The SMILES string of the molecule is COc1cccc(-c2c3nc(c(-c4cc(C(C)(C)C)cc(C(C)(C)C)c4)c4ccc([nH]4)c(-c4c5nc(c(-c6cc(C(C)(C)C)cc(C(C)(C)C)c6)c6ccc([nH]6)c(-c6cccc(OC)c6)c6nc(c(-c7cc(C(C)(C)C)cc(C(C)(C)C)c7)c7ccc4[nH]7)C=C6)C=C5)c4nc(c(-c5cc(C(C)(C)C)cc(C(C)(C)C)c5)c5ccc2[nH]5)C=C4)C=C3)c1. The van der Waals surface area contributed by atoms with E-state index in [-0.39, 0.29) is 43.3 Å². The number of benzene rings is 6. The van der Waals surface area contributed by atoms with Crippen LogP contribution in [0.2, 0.25) is 0 Å². The number of rotatable bonds is 9. The lowest BCUT2D eigenvalue weighted by Gasteiger charge is -2.26. The minimum absolute atomic E-state index is 0.202. The topological polar surface area (TPSA) is 133 Å². The van der Waals surface area contributed by atoms with Crippen LogP contribution in [-0.2, 0) is 43.3 Å². The van der Waals surface area contributed by atoms with Gasteiger partial charge in [0.1, 0.15) is 11.5 Å². The fourth-order valence-electron chi connectivity index (χ4n) is 16.9. The van der Waals surface area contributed by atoms with Gasteiger partial charge in [0.05, 0.1) is 59.8 Å². The van der Waals surface area contributed by atoms with Crippen LogP contribution in [0.15, 0.2) is 170 Å². The van der Waals surface area contributed by atoms with E-state index in [9.17, 15) is 0 Å². The van der Waals surface area contributed by atoms with E-state index in [1.54, 1.807) is 14.2 Å². The van der Waals surface area contributed by atoms with Crippen LogP contribution >= 0.6 is 0 Å². The first kappa shape index (κ1) is 81.8. The maximum Gasteiger partial charge on any atom is 0.119 e. The molecule has 4 aliphatic rings. The third-order valence-electron chi connectivity index (χ3n) is 24.3. The third kappa shape index (κ3) is 15.8. The second-order valence-electron chi connectivity index (χ2n) is 41.7. The predicted octanol–water partition coefficient (Wildman–Crippen LogP) is 29.7. The van der Waals surface area contributed by atoms with E-state index in [0.29, 0.717) is 0 Å². The first-order chi connectivity index (χ1) is 56.3. The van der Waals surface area contributed by atoms with Crippen molar-refractivity contribution in [1.82, 2.24) is 39.9 Å². The van der Waals surface area contributed by atoms with Gasteiger partial charge in [0.2, 0.25) is 0 Å². The highest BCUT2D eigenvalue weighted by molar-refractivity contribution is 6.06. The second kappa shape index (κ2) is 29.5. The van der Waals surface area contributed by atoms with Gasteiger partial charge in [0.15, 0.2) is 0 Å². The Hall–Kier alpha value is -11.9. The number of aromatic amines is 4. The van der Waals surface area contributed by atoms with Gasteiger partial charge in [0.25, 0.3) is 0 Å². The minimum Gasteiger partial charge on any atom is -0.497 e. The Bertz CT molecular complexity index is 6010. The monoisotopic (exact) mass is 1580 g/mol. The van der Waals surface area contributed by atoms with Crippen LogP contribution in [0, 0.1) is 0 Å². The molecule has 0 fully saturated rings. The summed E-state index contributed by atoms with van der Waals surface area (Å²) in [6, 6.07) is 63.4. The summed E-state index contributed by atoms with van der Waals surface area (Å²) in [5.74, 6) is 1.50. The Kier molecular flexibility index (Phi) is 20.1. The normalized spacial score (nSPS) is 13.4. The van der Waals surface area contributed by atoms with Crippen molar-refractivity contribution in [2.24, 2.45) is 0 Å². The molecule has 0 amide bonds. The van der Waals surface area contributed by atoms with Gasteiger partial charge in [-0.1, -0.05) is 263 Å². The van der Waals surface area contributed by atoms with E-state index in [0.717, 1.165) is 179 Å². The van der Waals surface area contributed by atoms with Crippen molar-refractivity contribution in [3.05, 3.63) is 260 Å². The maximum absolute atomic E-state index is 6.16. The minimum atomic E-state index is -0.202. The van der Waals surface area contributed by atoms with E-state index in [1.165, 1.54) is 44.5 Å². The lowest BCUT2D eigenvalue weighted by atomic mass is 9.78. The molecule has 610 valence electrons. The molecule has 0 aliphatic carbocycles. The average Bonchev–Trinajstić information content (AvgIpc) is 1.58. The molecule has 6 aromatic heterocycles. The molecule has 4 N–H and O–H groups in total. The molecule has 0 radical (unpaired) electrons. The van der Waals surface area contributed by atoms with Gasteiger partial charge < -0.3 is 29.4 Å². The molecule has 0 spiro atoms. The molecule has 10 nitrogen and oxygen atoms in total. The molecule has 16 rings (SSSR count). The summed E-state index contributed by atoms with van der Waals surface area (Å²) in [6.07, 6.45) is 17.7. The number of nitrogens with one attached hydrogen (secondary N) is 4. The number of hydrogen-bond acceptors (Lipinski definition) is 6. The Balaban J connectivity index is 1.15. The molecule has 10 heteroatoms. The largest absolute Gasteiger partial charge is 0.497 e. The van der Waals surface area contributed by atoms with Gasteiger partial charge >= 0.3 is 0 Å². The number of ether oxygens (including phenoxy) is 2. The van der Waals surface area contributed by atoms with Crippen LogP contribution in [0.1, 0.15) is 256 Å². The summed E-state index contributed by atoms with van der Waals surface area (Å²) in [4.78, 5) is 40.9. The molecule has 0 atom stereocenters. The maximum atomic E-state index is 6.16. The van der Waals surface area contributed by atoms with Gasteiger partial charge in [-0.05, 0) is 243 Å². The van der Waals surface area contributed by atoms with Crippen molar-refractivity contribution >= 4 is 92.7 Å². The Morgan fingerprint density at radius 3 is 0.533 bits per heavy atom. The van der Waals surface area contributed by atoms with E-state index < -0.39 is 0 Å². The summed E-state index contributed by atoms with van der Waals surface area (Å²) in [7, 11) is 3.46. The van der Waals surface area contributed by atoms with Crippen LogP contribution in [0.5, 0.6) is 11.5 Å². The van der Waals surface area contributed by atoms with Crippen molar-refractivity contribution in [3.8, 4) is 89.4 Å². The van der Waals surface area contributed by atoms with Crippen LogP contribution in [0.3, 0.4) is 0 Å². The van der Waals surface area contributed by atoms with Crippen molar-refractivity contribution in [2.75, 3.05) is 14.2 Å². The second-order valence-corrected chi connectivity index (χ2v) is 41.7. The van der Waals surface area contributed by atoms with E-state index >= 15 is 0 Å². The molecule has 10 heterocycles. The Morgan fingerprint density at radius 2 is 0.358 bits per heavy atom. The zero-order valence-electron chi connectivity index (χ0n) is 75.4. The molecule has 16 bridgehead atoms. The highest BCUT2D eigenvalue weighted by Crippen LogP contribution is 2.48. The van der Waals surface area contributed by atoms with Gasteiger partial charge in [-0.2, -0.15) is 0 Å². The van der Waals surface area contributed by atoms with E-state index in [1.807, 2.05) is 12.1 Å². The number of methoxy groups -OCH3 is 2. The van der Waals surface area contributed by atoms with Gasteiger partial charge in [-0.15, -0.1) is 0 Å². The Labute approximate surface area is 710 Å². The zero-order valence-corrected chi connectivity index (χ0v) is 75.4. The first-order valence-corrected chi connectivity index (χ1v) is 42.6. The predicted molar refractivity (Wildman–Crippen MR) is 512 cm³/mol. The van der Waals surface area contributed by atoms with Crippen molar-refractivity contribution in [1.29, 1.82) is 0 Å². The number of H-pyrrole nitrogens is 4. The van der Waals surface area contributed by atoms with E-state index in [4.69, 9.17) is 29.4 Å². The highest BCUT2D eigenvalue weighted by Gasteiger charge is 2.32. The molecule has 0 unspecified atom stereocenters. The summed E-state index contributed by atoms with van der Waals surface area (Å²) in [5.41, 5.74) is 35.2. The summed E-state index contributed by atoms with van der Waals surface area (Å²) < 4.78 is 12.0. The summed E-state index contributed by atoms with van der Waals surface area (Å²) in [6.45, 7) is 55.5. The molecular weight excluding hydrogens is 1470 g/mol. The summed E-state index contributed by atoms with van der Waals surface area (Å²) >= 11 is 0. The standard InChI is InChI=1S/C110H118N8O2/c1-103(2,3)69-49-65(50-70(59-69)104(4,5)6)97-83-37-33-79(111-83)95(63-29-27-31-77(57-63)119-25)80-34-38-84(112-80)98(66-51-71(105(7,8)9)60-72(52-66)106(10,11)12)88-42-46-92(116-88)101(91-45-41-87(97)115-91)102-93-47-43-89(117-93)99(67-53-73(107(13,14)15)61-74(54-67)108(16,17)18)85-39-35-81(113-85)96(64-30-28-32-78(58-64)120-26)82-36-40-86(114-82)100(90-44-48-94(102)118-90)68-55-75(109(19,20)21)62-76(56-68)110(22,23)24/h27-62,111,113,116,118H,1-26H3. The lowest BCUT2D eigenvalue weighted by Crippen LogP contribution is -2.16. The quantitative estimate of drug-likeness (QED) is 0.114. The summed E-state index contributed by atoms with van der Waals surface area (Å²) in [5, 5.41) is 0. The molecule has 120 heavy (non-hydrogen) atoms. The van der Waals surface area contributed by atoms with Crippen LogP contribution < -0.4 is 9.47 Å². The number of fused-ring (bicyclic) bond motifs is 16. The van der Waals surface area contributed by atoms with Crippen molar-refractivity contribution < 1.29 is 9.47 Å². The van der Waals surface area contributed by atoms with E-state index in [2.05, 4.69) is 392 Å². The highest BCUT2D eigenvalue weighted by atomic mass is 16.5. The number of hydrogen-bond donors (Lipinski definition) is 4. The van der Waals surface area contributed by atoms with Crippen LogP contribution in [0.25, 0.3) is 171 Å². The van der Waals surface area contributed by atoms with Gasteiger partial charge in [-0.25, -0.2) is 19.9 Å². The molecule has 0 saturated carbocycles. The fraction of sp³-hybridized carbons (Fsp3) is 0.309. The van der Waals surface area contributed by atoms with Gasteiger partial charge in [-0.3, -0.25) is 0 Å². The zero-order chi connectivity index (χ0) is 85.6. The van der Waals surface area contributed by atoms with Gasteiger partial charge in [0, 0.05) is 88.6 Å². The van der Waals surface area contributed by atoms with Crippen LogP contribution in [0.4, 0.5) is 0 Å². The Morgan fingerprint density at radius 1 is 0.192 bits per heavy atom. The molecule has 12 aromatic rings. The molecule has 4 aliphatic heterocycles. The molecule has 0 saturated heterocycles. The number of nitrogens with zero attached hydrogens (tertiary/aromatic N) is 4. The molecular formula is C110H118N8O2. The lowest BCUT2D eigenvalue weighted by molar-refractivity contribution is 0.415.